The summed E-state index contributed by atoms with van der Waals surface area (Å²) in [6.07, 6.45) is 3.53. The lowest BCUT2D eigenvalue weighted by Crippen LogP contribution is -2.57. The molecule has 0 spiro atoms. The molecule has 210 valence electrons. The predicted molar refractivity (Wildman–Crippen MR) is 152 cm³/mol. The fraction of sp³-hybridized carbons (Fsp3) is 0.355. The Balaban J connectivity index is 1.58. The Hall–Kier alpha value is -3.59. The number of nitrogens with one attached hydrogen (secondary N) is 1. The van der Waals surface area contributed by atoms with Gasteiger partial charge in [-0.2, -0.15) is 0 Å². The second-order valence-corrected chi connectivity index (χ2v) is 10.7. The molecule has 3 aromatic carbocycles. The minimum Gasteiger partial charge on any atom is -0.497 e. The first-order chi connectivity index (χ1) is 19.4. The molecule has 0 radical (unpaired) electrons. The molecule has 2 aliphatic rings. The molecule has 4 atom stereocenters. The SMILES string of the molecule is COc1ccc(C2C(C(=O)NOCc3ccc(Cl)cc3)c3ccccc3C(=O)N2C2CCCCC2N)c(OC)c1. The zero-order chi connectivity index (χ0) is 28.2. The van der Waals surface area contributed by atoms with E-state index in [1.54, 1.807) is 38.5 Å². The number of carbonyl (C=O) groups is 2. The highest BCUT2D eigenvalue weighted by Crippen LogP contribution is 2.48. The molecule has 3 N–H and O–H groups in total. The summed E-state index contributed by atoms with van der Waals surface area (Å²) in [4.78, 5) is 35.7. The maximum absolute atomic E-state index is 14.2. The van der Waals surface area contributed by atoms with Gasteiger partial charge in [-0.3, -0.25) is 14.4 Å². The summed E-state index contributed by atoms with van der Waals surface area (Å²) >= 11 is 5.99. The fourth-order valence-corrected chi connectivity index (χ4v) is 6.04. The molecule has 1 saturated carbocycles. The third kappa shape index (κ3) is 5.52. The standard InChI is InChI=1S/C31H34ClN3O5/c1-38-21-15-16-24(27(17-21)39-2)29-28(30(36)34-40-18-19-11-13-20(32)14-12-19)22-7-3-4-8-23(22)31(37)35(29)26-10-6-5-9-25(26)33/h3-4,7-8,11-17,25-26,28-29H,5-6,9-10,18,33H2,1-2H3,(H,34,36). The zero-order valence-electron chi connectivity index (χ0n) is 22.6. The van der Waals surface area contributed by atoms with Crippen molar-refractivity contribution in [3.63, 3.8) is 0 Å². The molecule has 8 nitrogen and oxygen atoms in total. The van der Waals surface area contributed by atoms with Crippen LogP contribution in [0.15, 0.2) is 66.7 Å². The highest BCUT2D eigenvalue weighted by atomic mass is 35.5. The number of hydrogen-bond acceptors (Lipinski definition) is 6. The Labute approximate surface area is 239 Å². The van der Waals surface area contributed by atoms with Gasteiger partial charge in [-0.05, 0) is 54.3 Å². The van der Waals surface area contributed by atoms with Crippen molar-refractivity contribution in [3.05, 3.63) is 94.0 Å². The number of nitrogens with two attached hydrogens (primary N) is 1. The van der Waals surface area contributed by atoms with Crippen molar-refractivity contribution >= 4 is 23.4 Å². The van der Waals surface area contributed by atoms with E-state index in [0.29, 0.717) is 33.2 Å². The lowest BCUT2D eigenvalue weighted by Gasteiger charge is -2.48. The van der Waals surface area contributed by atoms with Gasteiger partial charge in [0.05, 0.1) is 32.8 Å². The molecule has 0 aromatic heterocycles. The van der Waals surface area contributed by atoms with Crippen LogP contribution >= 0.6 is 11.6 Å². The van der Waals surface area contributed by atoms with Gasteiger partial charge in [-0.1, -0.05) is 54.8 Å². The molecule has 1 fully saturated rings. The minimum atomic E-state index is -0.782. The number of hydrogen-bond donors (Lipinski definition) is 2. The van der Waals surface area contributed by atoms with Crippen LogP contribution in [-0.2, 0) is 16.2 Å². The van der Waals surface area contributed by atoms with Crippen molar-refractivity contribution in [2.75, 3.05) is 14.2 Å². The number of fused-ring (bicyclic) bond motifs is 1. The largest absolute Gasteiger partial charge is 0.497 e. The molecule has 5 rings (SSSR count). The first-order valence-electron chi connectivity index (χ1n) is 13.5. The maximum atomic E-state index is 14.2. The van der Waals surface area contributed by atoms with Gasteiger partial charge in [0.25, 0.3) is 11.8 Å². The molecule has 1 aliphatic heterocycles. The lowest BCUT2D eigenvalue weighted by molar-refractivity contribution is -0.138. The Morgan fingerprint density at radius 2 is 1.75 bits per heavy atom. The Morgan fingerprint density at radius 1 is 1.00 bits per heavy atom. The number of carbonyl (C=O) groups excluding carboxylic acids is 2. The van der Waals surface area contributed by atoms with Crippen LogP contribution in [-0.4, -0.2) is 43.0 Å². The van der Waals surface area contributed by atoms with Gasteiger partial charge in [-0.15, -0.1) is 0 Å². The summed E-state index contributed by atoms with van der Waals surface area (Å²) in [5, 5.41) is 0.619. The quantitative estimate of drug-likeness (QED) is 0.367. The second-order valence-electron chi connectivity index (χ2n) is 10.2. The molecular weight excluding hydrogens is 530 g/mol. The number of benzene rings is 3. The molecule has 1 aliphatic carbocycles. The number of hydroxylamine groups is 1. The van der Waals surface area contributed by atoms with Crippen molar-refractivity contribution in [1.29, 1.82) is 0 Å². The van der Waals surface area contributed by atoms with E-state index in [-0.39, 0.29) is 30.5 Å². The van der Waals surface area contributed by atoms with E-state index < -0.39 is 12.0 Å². The van der Waals surface area contributed by atoms with E-state index >= 15 is 0 Å². The van der Waals surface area contributed by atoms with Gasteiger partial charge in [-0.25, -0.2) is 5.48 Å². The van der Waals surface area contributed by atoms with Crippen LogP contribution in [0.2, 0.25) is 5.02 Å². The highest BCUT2D eigenvalue weighted by molar-refractivity contribution is 6.30. The smallest absolute Gasteiger partial charge is 0.255 e. The van der Waals surface area contributed by atoms with Gasteiger partial charge in [0.2, 0.25) is 0 Å². The molecular formula is C31H34ClN3O5. The number of rotatable bonds is 8. The van der Waals surface area contributed by atoms with Crippen LogP contribution in [0.5, 0.6) is 11.5 Å². The molecule has 3 aromatic rings. The van der Waals surface area contributed by atoms with Crippen LogP contribution in [0.25, 0.3) is 0 Å². The summed E-state index contributed by atoms with van der Waals surface area (Å²) in [6.45, 7) is 0.157. The average Bonchev–Trinajstić information content (AvgIpc) is 2.98. The molecule has 4 unspecified atom stereocenters. The third-order valence-electron chi connectivity index (χ3n) is 7.88. The van der Waals surface area contributed by atoms with Crippen LogP contribution < -0.4 is 20.7 Å². The second kappa shape index (κ2) is 12.3. The van der Waals surface area contributed by atoms with Crippen molar-refractivity contribution in [2.45, 2.75) is 56.3 Å². The number of halogens is 1. The number of amides is 2. The van der Waals surface area contributed by atoms with E-state index in [0.717, 1.165) is 31.2 Å². The number of ether oxygens (including phenoxy) is 2. The fourth-order valence-electron chi connectivity index (χ4n) is 5.91. The summed E-state index contributed by atoms with van der Waals surface area (Å²) in [5.41, 5.74) is 12.0. The van der Waals surface area contributed by atoms with Crippen molar-refractivity contribution < 1.29 is 23.9 Å². The van der Waals surface area contributed by atoms with Gasteiger partial charge in [0.1, 0.15) is 11.5 Å². The van der Waals surface area contributed by atoms with Crippen molar-refractivity contribution in [1.82, 2.24) is 10.4 Å². The van der Waals surface area contributed by atoms with E-state index in [2.05, 4.69) is 5.48 Å². The van der Waals surface area contributed by atoms with Crippen molar-refractivity contribution in [3.8, 4) is 11.5 Å². The number of methoxy groups -OCH3 is 2. The molecule has 9 heteroatoms. The Bertz CT molecular complexity index is 1370. The zero-order valence-corrected chi connectivity index (χ0v) is 23.4. The topological polar surface area (TPSA) is 103 Å². The van der Waals surface area contributed by atoms with Crippen LogP contribution in [0.1, 0.15) is 64.7 Å². The lowest BCUT2D eigenvalue weighted by atomic mass is 9.76. The average molecular weight is 564 g/mol. The highest BCUT2D eigenvalue weighted by Gasteiger charge is 2.49. The molecule has 1 heterocycles. The maximum Gasteiger partial charge on any atom is 0.255 e. The molecule has 0 bridgehead atoms. The van der Waals surface area contributed by atoms with Crippen LogP contribution in [0.4, 0.5) is 0 Å². The van der Waals surface area contributed by atoms with Gasteiger partial charge < -0.3 is 20.1 Å². The van der Waals surface area contributed by atoms with Crippen molar-refractivity contribution in [2.24, 2.45) is 5.73 Å². The monoisotopic (exact) mass is 563 g/mol. The van der Waals surface area contributed by atoms with E-state index in [9.17, 15) is 9.59 Å². The summed E-state index contributed by atoms with van der Waals surface area (Å²) < 4.78 is 11.2. The van der Waals surface area contributed by atoms with E-state index in [1.807, 2.05) is 47.4 Å². The minimum absolute atomic E-state index is 0.146. The predicted octanol–water partition coefficient (Wildman–Crippen LogP) is 5.16. The first-order valence-corrected chi connectivity index (χ1v) is 13.9. The Morgan fingerprint density at radius 3 is 2.48 bits per heavy atom. The van der Waals surface area contributed by atoms with Gasteiger partial charge in [0, 0.05) is 34.3 Å². The van der Waals surface area contributed by atoms with Gasteiger partial charge in [0.15, 0.2) is 0 Å². The molecule has 0 saturated heterocycles. The third-order valence-corrected chi connectivity index (χ3v) is 8.13. The molecule has 40 heavy (non-hydrogen) atoms. The first kappa shape index (κ1) is 28.0. The summed E-state index contributed by atoms with van der Waals surface area (Å²) in [7, 11) is 3.15. The van der Waals surface area contributed by atoms with E-state index in [4.69, 9.17) is 31.6 Å². The van der Waals surface area contributed by atoms with Crippen LogP contribution in [0, 0.1) is 0 Å². The normalized spacial score (nSPS) is 22.4. The summed E-state index contributed by atoms with van der Waals surface area (Å²) in [6, 6.07) is 18.8. The Kier molecular flexibility index (Phi) is 8.59. The van der Waals surface area contributed by atoms with E-state index in [1.165, 1.54) is 0 Å². The summed E-state index contributed by atoms with van der Waals surface area (Å²) in [5.74, 6) is -0.171. The molecule has 2 amide bonds. The van der Waals surface area contributed by atoms with Gasteiger partial charge >= 0.3 is 0 Å². The number of nitrogens with zero attached hydrogens (tertiary/aromatic N) is 1. The van der Waals surface area contributed by atoms with Crippen LogP contribution in [0.3, 0.4) is 0 Å².